The van der Waals surface area contributed by atoms with E-state index in [4.69, 9.17) is 9.47 Å². The number of benzene rings is 2. The molecule has 1 aromatic heterocycles. The van der Waals surface area contributed by atoms with Crippen LogP contribution in [0, 0.1) is 0 Å². The molecule has 2 amide bonds. The highest BCUT2D eigenvalue weighted by molar-refractivity contribution is 6.05. The molecule has 1 atom stereocenters. The molecule has 8 nitrogen and oxygen atoms in total. The van der Waals surface area contributed by atoms with Gasteiger partial charge in [-0.1, -0.05) is 30.3 Å². The molecule has 4 rings (SSSR count). The number of aromatic nitrogens is 2. The number of hydrogen-bond donors (Lipinski definition) is 0. The summed E-state index contributed by atoms with van der Waals surface area (Å²) in [4.78, 5) is 44.0. The summed E-state index contributed by atoms with van der Waals surface area (Å²) in [5, 5.41) is 0.397. The minimum Gasteiger partial charge on any atom is -0.496 e. The van der Waals surface area contributed by atoms with Gasteiger partial charge in [0.25, 0.3) is 17.1 Å². The van der Waals surface area contributed by atoms with E-state index in [1.807, 2.05) is 0 Å². The van der Waals surface area contributed by atoms with Gasteiger partial charge in [0.2, 0.25) is 0 Å². The van der Waals surface area contributed by atoms with Crippen molar-refractivity contribution in [3.05, 3.63) is 70.3 Å². The van der Waals surface area contributed by atoms with E-state index in [1.54, 1.807) is 48.5 Å². The van der Waals surface area contributed by atoms with E-state index in [0.717, 1.165) is 4.90 Å². The van der Waals surface area contributed by atoms with Gasteiger partial charge in [0.15, 0.2) is 5.82 Å². The molecule has 0 N–H and O–H groups in total. The van der Waals surface area contributed by atoms with Crippen LogP contribution in [-0.2, 0) is 22.2 Å². The molecule has 0 bridgehead atoms. The fraction of sp³-hybridized carbons (Fsp3) is 0.200. The summed E-state index contributed by atoms with van der Waals surface area (Å²) in [6.45, 7) is 0. The highest BCUT2D eigenvalue weighted by Gasteiger charge is 2.59. The van der Waals surface area contributed by atoms with E-state index in [9.17, 15) is 14.4 Å². The predicted octanol–water partition coefficient (Wildman–Crippen LogP) is 1.79. The van der Waals surface area contributed by atoms with Gasteiger partial charge in [-0.3, -0.25) is 14.2 Å². The summed E-state index contributed by atoms with van der Waals surface area (Å²) in [6.07, 6.45) is -0.835. The average molecular weight is 379 g/mol. The molecule has 2 heterocycles. The lowest BCUT2D eigenvalue weighted by Gasteiger charge is -2.28. The van der Waals surface area contributed by atoms with Gasteiger partial charge in [-0.25, -0.2) is 14.7 Å². The number of imide groups is 1. The number of cyclic esters (lactones) is 1. The fourth-order valence-corrected chi connectivity index (χ4v) is 3.46. The second-order valence-electron chi connectivity index (χ2n) is 6.43. The molecule has 8 heteroatoms. The highest BCUT2D eigenvalue weighted by Crippen LogP contribution is 2.43. The van der Waals surface area contributed by atoms with Gasteiger partial charge in [0, 0.05) is 14.1 Å². The summed E-state index contributed by atoms with van der Waals surface area (Å²) in [7, 11) is 4.26. The highest BCUT2D eigenvalue weighted by atomic mass is 16.6. The summed E-state index contributed by atoms with van der Waals surface area (Å²) in [5.41, 5.74) is -1.60. The Labute approximate surface area is 159 Å². The zero-order valence-corrected chi connectivity index (χ0v) is 15.5. The molecule has 1 fully saturated rings. The van der Waals surface area contributed by atoms with Crippen LogP contribution in [0.4, 0.5) is 4.79 Å². The number of carbonyl (C=O) groups is 2. The second-order valence-corrected chi connectivity index (χ2v) is 6.43. The van der Waals surface area contributed by atoms with Crippen molar-refractivity contribution in [2.45, 2.75) is 5.60 Å². The maximum absolute atomic E-state index is 13.3. The van der Waals surface area contributed by atoms with Crippen molar-refractivity contribution < 1.29 is 19.1 Å². The molecule has 0 aliphatic carbocycles. The van der Waals surface area contributed by atoms with Gasteiger partial charge in [0.1, 0.15) is 5.75 Å². The predicted molar refractivity (Wildman–Crippen MR) is 100 cm³/mol. The Morgan fingerprint density at radius 2 is 1.68 bits per heavy atom. The Bertz CT molecular complexity index is 1190. The van der Waals surface area contributed by atoms with E-state index in [-0.39, 0.29) is 16.9 Å². The van der Waals surface area contributed by atoms with E-state index >= 15 is 0 Å². The summed E-state index contributed by atoms with van der Waals surface area (Å²) >= 11 is 0. The molecular weight excluding hydrogens is 362 g/mol. The van der Waals surface area contributed by atoms with Crippen LogP contribution in [0.1, 0.15) is 11.4 Å². The number of nitrogens with zero attached hydrogens (tertiary/aromatic N) is 3. The lowest BCUT2D eigenvalue weighted by molar-refractivity contribution is -0.134. The third-order valence-electron chi connectivity index (χ3n) is 4.90. The maximum atomic E-state index is 13.3. The second kappa shape index (κ2) is 6.19. The lowest BCUT2D eigenvalue weighted by Crippen LogP contribution is -2.43. The molecule has 1 aliphatic heterocycles. The molecule has 2 aromatic carbocycles. The van der Waals surface area contributed by atoms with Crippen molar-refractivity contribution in [3.63, 3.8) is 0 Å². The topological polar surface area (TPSA) is 90.7 Å². The number of ether oxygens (including phenoxy) is 2. The molecule has 0 saturated carbocycles. The molecular formula is C20H17N3O5. The molecule has 1 unspecified atom stereocenters. The van der Waals surface area contributed by atoms with Crippen molar-refractivity contribution in [1.29, 1.82) is 0 Å². The first-order valence-corrected chi connectivity index (χ1v) is 8.52. The Morgan fingerprint density at radius 1 is 1.00 bits per heavy atom. The van der Waals surface area contributed by atoms with Crippen LogP contribution in [0.5, 0.6) is 5.75 Å². The standard InChI is InChI=1S/C20H17N3O5/c1-22-16(24)12-8-4-6-10-14(12)21-17(22)20(18(25)23(2)19(26)28-20)13-9-5-7-11-15(13)27-3/h4-11H,1-3H3. The van der Waals surface area contributed by atoms with Gasteiger partial charge in [0.05, 0.1) is 23.6 Å². The molecule has 0 spiro atoms. The zero-order chi connectivity index (χ0) is 20.1. The normalized spacial score (nSPS) is 19.2. The quantitative estimate of drug-likeness (QED) is 0.689. The minimum absolute atomic E-state index is 0.00315. The number of fused-ring (bicyclic) bond motifs is 1. The Morgan fingerprint density at radius 3 is 2.36 bits per heavy atom. The van der Waals surface area contributed by atoms with Crippen molar-refractivity contribution >= 4 is 22.9 Å². The van der Waals surface area contributed by atoms with Gasteiger partial charge < -0.3 is 9.47 Å². The first kappa shape index (κ1) is 17.7. The molecule has 28 heavy (non-hydrogen) atoms. The summed E-state index contributed by atoms with van der Waals surface area (Å²) < 4.78 is 12.2. The average Bonchev–Trinajstić information content (AvgIpc) is 2.95. The van der Waals surface area contributed by atoms with E-state index < -0.39 is 17.6 Å². The molecule has 1 aliphatic rings. The van der Waals surface area contributed by atoms with Crippen LogP contribution in [0.15, 0.2) is 53.3 Å². The Balaban J connectivity index is 2.14. The number of rotatable bonds is 3. The number of likely N-dealkylation sites (N-methyl/N-ethyl adjacent to an activating group) is 1. The van der Waals surface area contributed by atoms with Crippen LogP contribution >= 0.6 is 0 Å². The number of para-hydroxylation sites is 2. The third-order valence-corrected chi connectivity index (χ3v) is 4.90. The van der Waals surface area contributed by atoms with Crippen LogP contribution in [0.2, 0.25) is 0 Å². The van der Waals surface area contributed by atoms with Gasteiger partial charge in [-0.2, -0.15) is 0 Å². The molecule has 142 valence electrons. The van der Waals surface area contributed by atoms with Crippen molar-refractivity contribution in [3.8, 4) is 5.75 Å². The van der Waals surface area contributed by atoms with Crippen molar-refractivity contribution in [2.24, 2.45) is 7.05 Å². The van der Waals surface area contributed by atoms with E-state index in [1.165, 1.54) is 25.8 Å². The molecule has 0 radical (unpaired) electrons. The number of carbonyl (C=O) groups excluding carboxylic acids is 2. The Kier molecular flexibility index (Phi) is 3.92. The SMILES string of the molecule is COc1ccccc1C1(c2nc3ccccc3c(=O)n2C)OC(=O)N(C)C1=O. The number of hydrogen-bond acceptors (Lipinski definition) is 6. The van der Waals surface area contributed by atoms with Crippen molar-refractivity contribution in [2.75, 3.05) is 14.2 Å². The molecule has 3 aromatic rings. The van der Waals surface area contributed by atoms with Crippen LogP contribution < -0.4 is 10.3 Å². The number of amides is 2. The minimum atomic E-state index is -1.93. The summed E-state index contributed by atoms with van der Waals surface area (Å²) in [5.74, 6) is -0.315. The first-order chi connectivity index (χ1) is 13.4. The fourth-order valence-electron chi connectivity index (χ4n) is 3.46. The largest absolute Gasteiger partial charge is 0.496 e. The Hall–Kier alpha value is -3.68. The van der Waals surface area contributed by atoms with Gasteiger partial charge in [-0.05, 0) is 18.2 Å². The third kappa shape index (κ3) is 2.24. The maximum Gasteiger partial charge on any atom is 0.418 e. The van der Waals surface area contributed by atoms with Crippen LogP contribution in [0.3, 0.4) is 0 Å². The monoisotopic (exact) mass is 379 g/mol. The van der Waals surface area contributed by atoms with E-state index in [2.05, 4.69) is 4.98 Å². The van der Waals surface area contributed by atoms with Crippen LogP contribution in [0.25, 0.3) is 10.9 Å². The van der Waals surface area contributed by atoms with E-state index in [0.29, 0.717) is 16.7 Å². The smallest absolute Gasteiger partial charge is 0.418 e. The van der Waals surface area contributed by atoms with Crippen LogP contribution in [-0.4, -0.2) is 40.6 Å². The lowest BCUT2D eigenvalue weighted by atomic mass is 9.90. The summed E-state index contributed by atoms with van der Waals surface area (Å²) in [6, 6.07) is 13.5. The molecule has 1 saturated heterocycles. The first-order valence-electron chi connectivity index (χ1n) is 8.52. The van der Waals surface area contributed by atoms with Gasteiger partial charge >= 0.3 is 6.09 Å². The van der Waals surface area contributed by atoms with Gasteiger partial charge in [-0.15, -0.1) is 0 Å². The number of methoxy groups -OCH3 is 1. The zero-order valence-electron chi connectivity index (χ0n) is 15.5. The van der Waals surface area contributed by atoms with Crippen molar-refractivity contribution in [1.82, 2.24) is 14.5 Å².